The molecule has 1 fully saturated rings. The second-order valence-corrected chi connectivity index (χ2v) is 8.72. The molecule has 0 aromatic carbocycles. The van der Waals surface area contributed by atoms with Gasteiger partial charge in [-0.05, 0) is 25.8 Å². The summed E-state index contributed by atoms with van der Waals surface area (Å²) in [5, 5.41) is 8.58. The molecule has 1 unspecified atom stereocenters. The normalized spacial score (nSPS) is 23.9. The zero-order valence-electron chi connectivity index (χ0n) is 15.8. The molecule has 1 atom stereocenters. The molecule has 0 spiro atoms. The van der Waals surface area contributed by atoms with Crippen LogP contribution in [0.15, 0.2) is 18.5 Å². The number of hydrogen-bond donors (Lipinski definition) is 3. The third-order valence-electron chi connectivity index (χ3n) is 5.01. The van der Waals surface area contributed by atoms with Crippen LogP contribution in [0.1, 0.15) is 40.6 Å². The third kappa shape index (κ3) is 3.83. The van der Waals surface area contributed by atoms with E-state index in [1.165, 1.54) is 0 Å². The van der Waals surface area contributed by atoms with Gasteiger partial charge in [-0.2, -0.15) is 4.98 Å². The lowest BCUT2D eigenvalue weighted by molar-refractivity contribution is 0.112. The van der Waals surface area contributed by atoms with E-state index in [2.05, 4.69) is 31.0 Å². The van der Waals surface area contributed by atoms with Crippen molar-refractivity contribution in [1.29, 1.82) is 0 Å². The van der Waals surface area contributed by atoms with Crippen molar-refractivity contribution in [1.82, 2.24) is 20.4 Å². The number of aromatic nitrogens is 3. The number of hydrogen-bond acceptors (Lipinski definition) is 9. The Hall–Kier alpha value is -2.59. The molecule has 28 heavy (non-hydrogen) atoms. The van der Waals surface area contributed by atoms with E-state index in [0.717, 1.165) is 53.4 Å². The highest BCUT2D eigenvalue weighted by molar-refractivity contribution is 7.85. The van der Waals surface area contributed by atoms with E-state index in [9.17, 15) is 9.00 Å². The predicted molar refractivity (Wildman–Crippen MR) is 109 cm³/mol. The van der Waals surface area contributed by atoms with Gasteiger partial charge in [0.1, 0.15) is 6.17 Å². The Morgan fingerprint density at radius 2 is 2.04 bits per heavy atom. The van der Waals surface area contributed by atoms with Gasteiger partial charge in [-0.1, -0.05) is 0 Å². The first-order valence-corrected chi connectivity index (χ1v) is 10.7. The Balaban J connectivity index is 1.51. The maximum Gasteiger partial charge on any atom is 0.224 e. The zero-order valence-corrected chi connectivity index (χ0v) is 16.6. The van der Waals surface area contributed by atoms with E-state index >= 15 is 0 Å². The molecule has 2 aromatic rings. The molecule has 1 saturated heterocycles. The molecule has 3 N–H and O–H groups in total. The van der Waals surface area contributed by atoms with Crippen molar-refractivity contribution in [2.75, 3.05) is 34.2 Å². The van der Waals surface area contributed by atoms with Gasteiger partial charge in [0, 0.05) is 53.4 Å². The van der Waals surface area contributed by atoms with E-state index in [0.29, 0.717) is 11.5 Å². The van der Waals surface area contributed by atoms with Crippen LogP contribution in [0.25, 0.3) is 0 Å². The Bertz CT molecular complexity index is 913. The number of aldehydes is 1. The number of carbonyl (C=O) groups is 1. The summed E-state index contributed by atoms with van der Waals surface area (Å²) >= 11 is 0. The molecular weight excluding hydrogens is 378 g/mol. The number of nitrogens with one attached hydrogen (secondary N) is 3. The van der Waals surface area contributed by atoms with Gasteiger partial charge >= 0.3 is 0 Å². The maximum absolute atomic E-state index is 11.5. The highest BCUT2D eigenvalue weighted by Crippen LogP contribution is 2.32. The fourth-order valence-electron chi connectivity index (χ4n) is 3.39. The van der Waals surface area contributed by atoms with Gasteiger partial charge in [0.2, 0.25) is 5.95 Å². The summed E-state index contributed by atoms with van der Waals surface area (Å²) in [6, 6.07) is 2.03. The second kappa shape index (κ2) is 7.80. The summed E-state index contributed by atoms with van der Waals surface area (Å²) in [7, 11) is 1.21. The smallest absolute Gasteiger partial charge is 0.224 e. The Morgan fingerprint density at radius 1 is 1.25 bits per heavy atom. The van der Waals surface area contributed by atoms with Gasteiger partial charge in [-0.15, -0.1) is 0 Å². The van der Waals surface area contributed by atoms with Crippen molar-refractivity contribution < 1.29 is 9.00 Å². The summed E-state index contributed by atoms with van der Waals surface area (Å²) in [6.07, 6.45) is 5.63. The standard InChI is InChI=1S/C18H23N7O2S/c1-11-15(7-12(10-26)8-19-11)22-16-14-9-20-18(23-17(14)25(2)24-16)21-13-3-5-28(27)6-4-13/h7-10,13,16,22,24H,3-6H2,1-2H3,(H,20,21,23). The molecule has 2 aliphatic heterocycles. The van der Waals surface area contributed by atoms with Crippen LogP contribution in [0, 0.1) is 6.92 Å². The predicted octanol–water partition coefficient (Wildman–Crippen LogP) is 1.38. The number of nitrogens with zero attached hydrogens (tertiary/aromatic N) is 4. The second-order valence-electron chi connectivity index (χ2n) is 7.02. The van der Waals surface area contributed by atoms with Gasteiger partial charge < -0.3 is 10.6 Å². The van der Waals surface area contributed by atoms with Crippen LogP contribution in [0.5, 0.6) is 0 Å². The molecule has 0 aliphatic carbocycles. The SMILES string of the molecule is Cc1ncc(C=O)cc1NC1NN(C)c2nc(NC3CCS(=O)CC3)ncc21. The lowest BCUT2D eigenvalue weighted by Gasteiger charge is -2.22. The zero-order chi connectivity index (χ0) is 19.7. The largest absolute Gasteiger partial charge is 0.363 e. The van der Waals surface area contributed by atoms with E-state index in [-0.39, 0.29) is 12.2 Å². The van der Waals surface area contributed by atoms with Crippen LogP contribution >= 0.6 is 0 Å². The number of aryl methyl sites for hydroxylation is 1. The summed E-state index contributed by atoms with van der Waals surface area (Å²) in [6.45, 7) is 1.89. The highest BCUT2D eigenvalue weighted by Gasteiger charge is 2.29. The molecule has 4 rings (SSSR count). The van der Waals surface area contributed by atoms with Crippen LogP contribution in [0.3, 0.4) is 0 Å². The molecule has 2 aliphatic rings. The van der Waals surface area contributed by atoms with E-state index in [4.69, 9.17) is 0 Å². The van der Waals surface area contributed by atoms with Gasteiger partial charge in [0.05, 0.1) is 16.9 Å². The van der Waals surface area contributed by atoms with Crippen LogP contribution in [-0.2, 0) is 10.8 Å². The number of hydrazine groups is 1. The van der Waals surface area contributed by atoms with Crippen LogP contribution in [0.2, 0.25) is 0 Å². The molecule has 148 valence electrons. The monoisotopic (exact) mass is 401 g/mol. The summed E-state index contributed by atoms with van der Waals surface area (Å²) in [4.78, 5) is 24.4. The quantitative estimate of drug-likeness (QED) is 0.640. The van der Waals surface area contributed by atoms with Gasteiger partial charge in [-0.3, -0.25) is 19.0 Å². The fourth-order valence-corrected chi connectivity index (χ4v) is 4.69. The van der Waals surface area contributed by atoms with Crippen LogP contribution in [0.4, 0.5) is 17.5 Å². The molecule has 2 aromatic heterocycles. The Labute approximate surface area is 165 Å². The summed E-state index contributed by atoms with van der Waals surface area (Å²) in [5.74, 6) is 2.81. The topological polar surface area (TPSA) is 112 Å². The minimum Gasteiger partial charge on any atom is -0.363 e. The molecule has 0 amide bonds. The first-order valence-electron chi connectivity index (χ1n) is 9.20. The lowest BCUT2D eigenvalue weighted by Crippen LogP contribution is -2.34. The lowest BCUT2D eigenvalue weighted by atomic mass is 10.1. The number of fused-ring (bicyclic) bond motifs is 1. The van der Waals surface area contributed by atoms with Crippen molar-refractivity contribution in [2.45, 2.75) is 32.0 Å². The fraction of sp³-hybridized carbons (Fsp3) is 0.444. The van der Waals surface area contributed by atoms with Crippen molar-refractivity contribution in [3.8, 4) is 0 Å². The van der Waals surface area contributed by atoms with Crippen molar-refractivity contribution in [3.05, 3.63) is 35.3 Å². The van der Waals surface area contributed by atoms with Crippen LogP contribution < -0.4 is 21.1 Å². The molecule has 0 radical (unpaired) electrons. The van der Waals surface area contributed by atoms with Crippen molar-refractivity contribution >= 4 is 34.5 Å². The van der Waals surface area contributed by atoms with E-state index in [1.54, 1.807) is 18.5 Å². The van der Waals surface area contributed by atoms with Gasteiger partial charge in [-0.25, -0.2) is 10.4 Å². The molecular formula is C18H23N7O2S. The van der Waals surface area contributed by atoms with Gasteiger partial charge in [0.15, 0.2) is 12.1 Å². The van der Waals surface area contributed by atoms with Crippen molar-refractivity contribution in [3.63, 3.8) is 0 Å². The third-order valence-corrected chi connectivity index (χ3v) is 6.39. The van der Waals surface area contributed by atoms with E-state index < -0.39 is 10.8 Å². The van der Waals surface area contributed by atoms with Gasteiger partial charge in [0.25, 0.3) is 0 Å². The molecule has 10 heteroatoms. The summed E-state index contributed by atoms with van der Waals surface area (Å²) < 4.78 is 11.5. The number of anilines is 3. The minimum atomic E-state index is -0.687. The average Bonchev–Trinajstić information content (AvgIpc) is 3.00. The van der Waals surface area contributed by atoms with E-state index in [1.807, 2.05) is 19.0 Å². The number of rotatable bonds is 5. The Kier molecular flexibility index (Phi) is 5.23. The first kappa shape index (κ1) is 18.8. The van der Waals surface area contributed by atoms with Crippen LogP contribution in [-0.4, -0.2) is 50.0 Å². The average molecular weight is 401 g/mol. The highest BCUT2D eigenvalue weighted by atomic mass is 32.2. The maximum atomic E-state index is 11.5. The first-order chi connectivity index (χ1) is 13.5. The molecule has 9 nitrogen and oxygen atoms in total. The minimum absolute atomic E-state index is 0.228. The Morgan fingerprint density at radius 3 is 2.79 bits per heavy atom. The molecule has 0 bridgehead atoms. The molecule has 0 saturated carbocycles. The number of carbonyl (C=O) groups excluding carboxylic acids is 1. The molecule has 4 heterocycles. The van der Waals surface area contributed by atoms with Crippen molar-refractivity contribution in [2.24, 2.45) is 0 Å². The number of pyridine rings is 1. The summed E-state index contributed by atoms with van der Waals surface area (Å²) in [5.41, 5.74) is 6.31.